The van der Waals surface area contributed by atoms with Crippen molar-refractivity contribution in [3.8, 4) is 28.4 Å². The van der Waals surface area contributed by atoms with Gasteiger partial charge in [0.2, 0.25) is 0 Å². The van der Waals surface area contributed by atoms with E-state index in [-0.39, 0.29) is 36.4 Å². The van der Waals surface area contributed by atoms with Crippen LogP contribution >= 0.6 is 0 Å². The summed E-state index contributed by atoms with van der Waals surface area (Å²) >= 11 is 0. The summed E-state index contributed by atoms with van der Waals surface area (Å²) in [6, 6.07) is 9.22. The second kappa shape index (κ2) is 8.43. The molecule has 36 heavy (non-hydrogen) atoms. The molecule has 0 radical (unpaired) electrons. The van der Waals surface area contributed by atoms with Gasteiger partial charge in [0.1, 0.15) is 23.0 Å². The molecule has 0 amide bonds. The van der Waals surface area contributed by atoms with E-state index >= 15 is 0 Å². The predicted molar refractivity (Wildman–Crippen MR) is 114 cm³/mol. The minimum absolute atomic E-state index is 0.0237. The third-order valence-corrected chi connectivity index (χ3v) is 5.48. The zero-order chi connectivity index (χ0) is 25.7. The minimum atomic E-state index is -5.03. The van der Waals surface area contributed by atoms with Crippen LogP contribution in [0, 0.1) is 0 Å². The maximum absolute atomic E-state index is 13.5. The Morgan fingerprint density at radius 3 is 2.47 bits per heavy atom. The van der Waals surface area contributed by atoms with Crippen molar-refractivity contribution < 1.29 is 36.0 Å². The van der Waals surface area contributed by atoms with E-state index in [1.807, 2.05) is 0 Å². The van der Waals surface area contributed by atoms with Gasteiger partial charge in [0.05, 0.1) is 41.7 Å². The lowest BCUT2D eigenvalue weighted by atomic mass is 10.0. The van der Waals surface area contributed by atoms with Crippen molar-refractivity contribution in [3.63, 3.8) is 0 Å². The molecule has 2 N–H and O–H groups in total. The Bertz CT molecular complexity index is 1450. The van der Waals surface area contributed by atoms with Gasteiger partial charge in [-0.15, -0.1) is 0 Å². The number of hydrazone groups is 1. The molecule has 0 bridgehead atoms. The molecule has 0 atom stereocenters. The molecule has 0 aliphatic carbocycles. The quantitative estimate of drug-likeness (QED) is 0.340. The van der Waals surface area contributed by atoms with Gasteiger partial charge in [0.15, 0.2) is 5.76 Å². The van der Waals surface area contributed by atoms with E-state index in [1.165, 1.54) is 23.4 Å². The molecule has 1 aliphatic rings. The molecule has 0 saturated carbocycles. The summed E-state index contributed by atoms with van der Waals surface area (Å²) in [5.41, 5.74) is -1.92. The Labute approximate surface area is 198 Å². The zero-order valence-corrected chi connectivity index (χ0v) is 18.0. The van der Waals surface area contributed by atoms with Crippen LogP contribution in [0.15, 0.2) is 58.2 Å². The monoisotopic (exact) mass is 507 g/mol. The fourth-order valence-electron chi connectivity index (χ4n) is 3.78. The molecular weight excluding hydrogens is 492 g/mol. The van der Waals surface area contributed by atoms with Crippen LogP contribution < -0.4 is 0 Å². The van der Waals surface area contributed by atoms with Gasteiger partial charge < -0.3 is 14.6 Å². The molecule has 3 heterocycles. The van der Waals surface area contributed by atoms with Crippen LogP contribution in [0.5, 0.6) is 5.75 Å². The van der Waals surface area contributed by atoms with Gasteiger partial charge >= 0.3 is 12.4 Å². The number of nitrogens with one attached hydrogen (secondary N) is 1. The van der Waals surface area contributed by atoms with Gasteiger partial charge in [-0.2, -0.15) is 31.4 Å². The molecule has 0 spiro atoms. The van der Waals surface area contributed by atoms with Crippen LogP contribution in [0.2, 0.25) is 0 Å². The Balaban J connectivity index is 1.36. The van der Waals surface area contributed by atoms with Crippen LogP contribution in [0.25, 0.3) is 22.6 Å². The van der Waals surface area contributed by atoms with E-state index in [4.69, 9.17) is 4.52 Å². The number of aromatic hydroxyl groups is 1. The number of phenolic OH excluding ortho intramolecular Hbond substituents is 1. The number of imidazole rings is 1. The van der Waals surface area contributed by atoms with Crippen LogP contribution in [-0.4, -0.2) is 31.5 Å². The maximum Gasteiger partial charge on any atom is 0.417 e. The number of para-hydroxylation sites is 1. The van der Waals surface area contributed by atoms with E-state index < -0.39 is 29.0 Å². The van der Waals surface area contributed by atoms with Gasteiger partial charge in [0.25, 0.3) is 0 Å². The summed E-state index contributed by atoms with van der Waals surface area (Å²) in [4.78, 5) is 7.52. The predicted octanol–water partition coefficient (Wildman–Crippen LogP) is 5.82. The standard InChI is InChI=1S/C23H15F6N5O2/c24-22(25,26)12-5-6-14(16(7-12)23(27,28)29)17-8-13(36-33-17)10-34-11-19-18(9-30-34)31-21(32-19)15-3-1-2-4-20(15)35/h1-9,35H,10-11H2,(H,31,32). The molecule has 4 aromatic rings. The van der Waals surface area contributed by atoms with Crippen molar-refractivity contribution in [2.75, 3.05) is 0 Å². The van der Waals surface area contributed by atoms with Crippen LogP contribution in [0.4, 0.5) is 26.3 Å². The molecule has 0 saturated heterocycles. The van der Waals surface area contributed by atoms with E-state index in [1.54, 1.807) is 18.2 Å². The molecule has 2 aromatic heterocycles. The Morgan fingerprint density at radius 2 is 1.75 bits per heavy atom. The number of fused-ring (bicyclic) bond motifs is 1. The first-order chi connectivity index (χ1) is 17.0. The van der Waals surface area contributed by atoms with Gasteiger partial charge in [-0.05, 0) is 24.3 Å². The summed E-state index contributed by atoms with van der Waals surface area (Å²) in [7, 11) is 0. The number of benzene rings is 2. The summed E-state index contributed by atoms with van der Waals surface area (Å²) in [5, 5.41) is 19.5. The van der Waals surface area contributed by atoms with Crippen molar-refractivity contribution in [1.29, 1.82) is 0 Å². The average Bonchev–Trinajstić information content (AvgIpc) is 3.44. The summed E-state index contributed by atoms with van der Waals surface area (Å²) in [5.74, 6) is 0.641. The van der Waals surface area contributed by atoms with Crippen LogP contribution in [0.1, 0.15) is 28.3 Å². The average molecular weight is 507 g/mol. The molecular formula is C23H15F6N5O2. The minimum Gasteiger partial charge on any atom is -0.507 e. The zero-order valence-electron chi connectivity index (χ0n) is 18.0. The van der Waals surface area contributed by atoms with Crippen molar-refractivity contribution >= 4 is 6.21 Å². The first-order valence-electron chi connectivity index (χ1n) is 10.4. The lowest BCUT2D eigenvalue weighted by molar-refractivity contribution is -0.142. The molecule has 5 rings (SSSR count). The molecule has 1 aliphatic heterocycles. The lowest BCUT2D eigenvalue weighted by Gasteiger charge is -2.19. The molecule has 7 nitrogen and oxygen atoms in total. The normalized spacial score (nSPS) is 13.8. The second-order valence-corrected chi connectivity index (χ2v) is 7.97. The molecule has 0 fully saturated rings. The fraction of sp³-hybridized carbons (Fsp3) is 0.174. The maximum atomic E-state index is 13.5. The van der Waals surface area contributed by atoms with Crippen molar-refractivity contribution in [2.24, 2.45) is 5.10 Å². The molecule has 13 heteroatoms. The molecule has 2 aromatic carbocycles. The number of hydrogen-bond donors (Lipinski definition) is 2. The summed E-state index contributed by atoms with van der Waals surface area (Å²) in [6.07, 6.45) is -8.48. The van der Waals surface area contributed by atoms with Crippen molar-refractivity contribution in [3.05, 3.63) is 76.8 Å². The number of aromatic amines is 1. The number of nitrogens with zero attached hydrogens (tertiary/aromatic N) is 4. The Hall–Kier alpha value is -4.29. The first-order valence-corrected chi connectivity index (χ1v) is 10.4. The van der Waals surface area contributed by atoms with Crippen LogP contribution in [0.3, 0.4) is 0 Å². The summed E-state index contributed by atoms with van der Waals surface area (Å²) < 4.78 is 84.4. The van der Waals surface area contributed by atoms with Crippen LogP contribution in [-0.2, 0) is 25.4 Å². The number of halogens is 6. The van der Waals surface area contributed by atoms with E-state index in [9.17, 15) is 31.4 Å². The highest BCUT2D eigenvalue weighted by molar-refractivity contribution is 5.81. The lowest BCUT2D eigenvalue weighted by Crippen LogP contribution is -2.21. The van der Waals surface area contributed by atoms with E-state index in [2.05, 4.69) is 20.2 Å². The van der Waals surface area contributed by atoms with Gasteiger partial charge in [-0.1, -0.05) is 23.4 Å². The van der Waals surface area contributed by atoms with Gasteiger partial charge in [-0.3, -0.25) is 5.01 Å². The topological polar surface area (TPSA) is 90.5 Å². The largest absolute Gasteiger partial charge is 0.507 e. The number of phenols is 1. The molecule has 186 valence electrons. The Kier molecular flexibility index (Phi) is 5.49. The Morgan fingerprint density at radius 1 is 0.972 bits per heavy atom. The number of alkyl halides is 6. The number of H-pyrrole nitrogens is 1. The van der Waals surface area contributed by atoms with E-state index in [0.29, 0.717) is 28.8 Å². The van der Waals surface area contributed by atoms with Gasteiger partial charge in [-0.25, -0.2) is 4.98 Å². The number of rotatable bonds is 4. The highest BCUT2D eigenvalue weighted by Gasteiger charge is 2.39. The smallest absolute Gasteiger partial charge is 0.417 e. The van der Waals surface area contributed by atoms with Crippen molar-refractivity contribution in [2.45, 2.75) is 25.4 Å². The third kappa shape index (κ3) is 4.51. The van der Waals surface area contributed by atoms with Crippen molar-refractivity contribution in [1.82, 2.24) is 20.1 Å². The number of aromatic nitrogens is 3. The van der Waals surface area contributed by atoms with Gasteiger partial charge in [0, 0.05) is 11.6 Å². The van der Waals surface area contributed by atoms with E-state index in [0.717, 1.165) is 6.07 Å². The fourth-order valence-corrected chi connectivity index (χ4v) is 3.78. The second-order valence-electron chi connectivity index (χ2n) is 7.97. The third-order valence-electron chi connectivity index (χ3n) is 5.48. The highest BCUT2D eigenvalue weighted by atomic mass is 19.4. The molecule has 0 unspecified atom stereocenters. The SMILES string of the molecule is Oc1ccccc1-c1nc2c([nH]1)CN(Cc1cc(-c3ccc(C(F)(F)F)cc3C(F)(F)F)no1)N=C2. The highest BCUT2D eigenvalue weighted by Crippen LogP contribution is 2.41. The summed E-state index contributed by atoms with van der Waals surface area (Å²) in [6.45, 7) is 0.270. The first kappa shape index (κ1) is 23.5. The number of hydrogen-bond acceptors (Lipinski definition) is 6.